The molecule has 1 saturated carbocycles. The molecule has 1 aromatic carbocycles. The number of fused-ring (bicyclic) bond motifs is 2. The van der Waals surface area contributed by atoms with Gasteiger partial charge in [-0.3, -0.25) is 14.6 Å². The van der Waals surface area contributed by atoms with Crippen LogP contribution in [0.5, 0.6) is 0 Å². The third kappa shape index (κ3) is 5.40. The molecule has 2 aliphatic carbocycles. The van der Waals surface area contributed by atoms with Crippen LogP contribution in [-0.4, -0.2) is 57.1 Å². The molecule has 218 valence electrons. The maximum absolute atomic E-state index is 13.0. The summed E-state index contributed by atoms with van der Waals surface area (Å²) in [7, 11) is 0. The lowest BCUT2D eigenvalue weighted by Crippen LogP contribution is -2.49. The van der Waals surface area contributed by atoms with E-state index in [0.29, 0.717) is 36.5 Å². The molecule has 7 N–H and O–H groups in total. The number of nitrogens with zero attached hydrogens (tertiary/aromatic N) is 3. The minimum absolute atomic E-state index is 0.0877. The van der Waals surface area contributed by atoms with E-state index in [4.69, 9.17) is 11.5 Å². The second-order valence-corrected chi connectivity index (χ2v) is 12.1. The Bertz CT molecular complexity index is 1420. The second-order valence-electron chi connectivity index (χ2n) is 12.1. The van der Waals surface area contributed by atoms with Crippen LogP contribution in [0.4, 0.5) is 0 Å². The Morgan fingerprint density at radius 3 is 2.78 bits per heavy atom. The summed E-state index contributed by atoms with van der Waals surface area (Å²) in [5.74, 6) is 0.597. The summed E-state index contributed by atoms with van der Waals surface area (Å²) in [4.78, 5) is 42.3. The summed E-state index contributed by atoms with van der Waals surface area (Å²) >= 11 is 0. The van der Waals surface area contributed by atoms with Gasteiger partial charge in [0, 0.05) is 23.8 Å². The van der Waals surface area contributed by atoms with Gasteiger partial charge in [0.1, 0.15) is 11.9 Å². The number of amides is 2. The Labute approximate surface area is 239 Å². The van der Waals surface area contributed by atoms with E-state index in [1.807, 2.05) is 19.1 Å². The monoisotopic (exact) mass is 560 g/mol. The Kier molecular flexibility index (Phi) is 8.04. The molecule has 1 aliphatic heterocycles. The fraction of sp³-hybridized carbons (Fsp3) is 0.567. The first kappa shape index (κ1) is 28.6. The number of aryl methyl sites for hydroxylation is 1. The Balaban J connectivity index is 1.54. The highest BCUT2D eigenvalue weighted by molar-refractivity contribution is 5.93. The Hall–Kier alpha value is -3.91. The van der Waals surface area contributed by atoms with E-state index in [2.05, 4.69) is 33.1 Å². The number of hydrogen-bond donors (Lipinski definition) is 5. The minimum Gasteiger partial charge on any atom is -0.402 e. The second kappa shape index (κ2) is 11.5. The molecule has 2 fully saturated rings. The number of carbonyl (C=O) groups is 2. The molecule has 0 bridgehead atoms. The number of allylic oxidation sites excluding steroid dienone is 1. The number of rotatable bonds is 8. The van der Waals surface area contributed by atoms with Gasteiger partial charge < -0.3 is 21.7 Å². The van der Waals surface area contributed by atoms with Gasteiger partial charge in [0.25, 0.3) is 0 Å². The van der Waals surface area contributed by atoms with Crippen molar-refractivity contribution in [3.63, 3.8) is 0 Å². The maximum Gasteiger partial charge on any atom is 0.340 e. The van der Waals surface area contributed by atoms with Gasteiger partial charge in [0.2, 0.25) is 11.8 Å². The highest BCUT2D eigenvalue weighted by atomic mass is 16.2. The van der Waals surface area contributed by atoms with Gasteiger partial charge in [-0.15, -0.1) is 0 Å². The van der Waals surface area contributed by atoms with E-state index in [0.717, 1.165) is 49.7 Å². The summed E-state index contributed by atoms with van der Waals surface area (Å²) in [6.07, 6.45) is 6.37. The van der Waals surface area contributed by atoms with Crippen LogP contribution in [0.3, 0.4) is 0 Å². The normalized spacial score (nSPS) is 28.1. The SMILES string of the molecule is C=C(N)C1CCC2C(CCc3cc(C(N)=O)ccc3C2(C[C@H](C)NCC(=O)N2CCCC2C#N)c2n[nH]c(=O)[nH]2)C1. The van der Waals surface area contributed by atoms with E-state index in [1.165, 1.54) is 0 Å². The third-order valence-corrected chi connectivity index (χ3v) is 9.67. The number of nitrogens with two attached hydrogens (primary N) is 2. The van der Waals surface area contributed by atoms with Crippen molar-refractivity contribution >= 4 is 11.8 Å². The lowest BCUT2D eigenvalue weighted by molar-refractivity contribution is -0.130. The van der Waals surface area contributed by atoms with Crippen LogP contribution in [0.25, 0.3) is 0 Å². The topological polar surface area (TPSA) is 187 Å². The molecule has 2 heterocycles. The predicted octanol–water partition coefficient (Wildman–Crippen LogP) is 1.82. The van der Waals surface area contributed by atoms with Crippen LogP contribution in [-0.2, 0) is 16.6 Å². The Morgan fingerprint density at radius 1 is 1.29 bits per heavy atom. The first-order valence-corrected chi connectivity index (χ1v) is 14.6. The lowest BCUT2D eigenvalue weighted by atomic mass is 9.57. The van der Waals surface area contributed by atoms with E-state index in [-0.39, 0.29) is 48.0 Å². The zero-order valence-electron chi connectivity index (χ0n) is 23.6. The first-order chi connectivity index (χ1) is 19.6. The fourth-order valence-corrected chi connectivity index (χ4v) is 7.76. The molecule has 2 aromatic rings. The molecule has 1 aromatic heterocycles. The van der Waals surface area contributed by atoms with E-state index >= 15 is 0 Å². The quantitative estimate of drug-likeness (QED) is 0.326. The van der Waals surface area contributed by atoms with Gasteiger partial charge in [-0.05, 0) is 99.3 Å². The van der Waals surface area contributed by atoms with Crippen LogP contribution in [0.2, 0.25) is 0 Å². The highest BCUT2D eigenvalue weighted by Gasteiger charge is 2.52. The average molecular weight is 561 g/mol. The van der Waals surface area contributed by atoms with Crippen molar-refractivity contribution in [2.45, 2.75) is 75.8 Å². The maximum atomic E-state index is 13.0. The zero-order chi connectivity index (χ0) is 29.3. The number of aromatic nitrogens is 3. The number of primary amides is 1. The molecule has 11 heteroatoms. The minimum atomic E-state index is -0.703. The van der Waals surface area contributed by atoms with Crippen LogP contribution in [0.15, 0.2) is 35.3 Å². The highest BCUT2D eigenvalue weighted by Crippen LogP contribution is 2.55. The van der Waals surface area contributed by atoms with Crippen molar-refractivity contribution < 1.29 is 9.59 Å². The average Bonchev–Trinajstić information content (AvgIpc) is 3.60. The van der Waals surface area contributed by atoms with Gasteiger partial charge in [-0.2, -0.15) is 10.4 Å². The summed E-state index contributed by atoms with van der Waals surface area (Å²) in [6.45, 7) is 6.78. The molecule has 3 aliphatic rings. The number of nitriles is 1. The van der Waals surface area contributed by atoms with Gasteiger partial charge in [-0.25, -0.2) is 9.89 Å². The van der Waals surface area contributed by atoms with E-state index < -0.39 is 11.3 Å². The number of carbonyl (C=O) groups excluding carboxylic acids is 2. The number of H-pyrrole nitrogens is 2. The molecule has 5 unspecified atom stereocenters. The van der Waals surface area contributed by atoms with Gasteiger partial charge in [0.15, 0.2) is 0 Å². The molecular formula is C30H40N8O3. The van der Waals surface area contributed by atoms with Crippen molar-refractivity contribution in [3.8, 4) is 6.07 Å². The summed E-state index contributed by atoms with van der Waals surface area (Å²) in [5.41, 5.74) is 13.9. The molecule has 2 amide bonds. The summed E-state index contributed by atoms with van der Waals surface area (Å²) < 4.78 is 0. The Morgan fingerprint density at radius 2 is 2.10 bits per heavy atom. The third-order valence-electron chi connectivity index (χ3n) is 9.67. The first-order valence-electron chi connectivity index (χ1n) is 14.6. The van der Waals surface area contributed by atoms with E-state index in [9.17, 15) is 19.6 Å². The van der Waals surface area contributed by atoms with Crippen LogP contribution in [0.1, 0.15) is 79.2 Å². The molecular weight excluding hydrogens is 520 g/mol. The number of benzene rings is 1. The molecule has 0 spiro atoms. The molecule has 6 atom stereocenters. The smallest absolute Gasteiger partial charge is 0.340 e. The van der Waals surface area contributed by atoms with Crippen LogP contribution < -0.4 is 22.5 Å². The fourth-order valence-electron chi connectivity index (χ4n) is 7.76. The molecule has 5 rings (SSSR count). The van der Waals surface area contributed by atoms with Crippen molar-refractivity contribution in [1.82, 2.24) is 25.4 Å². The molecule has 1 saturated heterocycles. The van der Waals surface area contributed by atoms with Gasteiger partial charge in [-0.1, -0.05) is 12.6 Å². The van der Waals surface area contributed by atoms with Gasteiger partial charge in [0.05, 0.1) is 18.0 Å². The number of aromatic amines is 2. The van der Waals surface area contributed by atoms with Crippen LogP contribution >= 0.6 is 0 Å². The lowest BCUT2D eigenvalue weighted by Gasteiger charge is -2.47. The number of hydrogen-bond acceptors (Lipinski definition) is 7. The molecule has 41 heavy (non-hydrogen) atoms. The van der Waals surface area contributed by atoms with Crippen molar-refractivity contribution in [1.29, 1.82) is 5.26 Å². The molecule has 11 nitrogen and oxygen atoms in total. The van der Waals surface area contributed by atoms with Crippen molar-refractivity contribution in [2.24, 2.45) is 29.2 Å². The predicted molar refractivity (Wildman–Crippen MR) is 153 cm³/mol. The summed E-state index contributed by atoms with van der Waals surface area (Å²) in [5, 5.41) is 20.0. The van der Waals surface area contributed by atoms with E-state index in [1.54, 1.807) is 11.0 Å². The number of likely N-dealkylation sites (tertiary alicyclic amines) is 1. The summed E-state index contributed by atoms with van der Waals surface area (Å²) in [6, 6.07) is 7.32. The largest absolute Gasteiger partial charge is 0.402 e. The van der Waals surface area contributed by atoms with Crippen molar-refractivity contribution in [2.75, 3.05) is 13.1 Å². The van der Waals surface area contributed by atoms with Gasteiger partial charge >= 0.3 is 5.69 Å². The zero-order valence-corrected chi connectivity index (χ0v) is 23.6. The molecule has 0 radical (unpaired) electrons. The van der Waals surface area contributed by atoms with Crippen molar-refractivity contribution in [3.05, 3.63) is 63.5 Å². The standard InChI is InChI=1S/C30H40N8O3/c1-17(34-16-26(39)38-11-3-4-23(38)15-31)14-30(28-35-29(41)37-36-28)24-9-7-19(18(2)32)12-20(24)5-6-21-13-22(27(33)40)8-10-25(21)30/h8,10,13,17,19-20,23-24,34H,2-7,9,11-12,14,16,32H2,1H3,(H2,33,40)(H2,35,36,37,41)/t17-,19?,20?,23?,24?,30?/m0/s1. The van der Waals surface area contributed by atoms with Crippen LogP contribution in [0, 0.1) is 29.1 Å². The number of nitrogens with one attached hydrogen (secondary N) is 3.